The molecule has 0 saturated carbocycles. The number of hydrogen-bond acceptors (Lipinski definition) is 5. The molecule has 0 fully saturated rings. The van der Waals surface area contributed by atoms with Crippen LogP contribution < -0.4 is 5.32 Å². The van der Waals surface area contributed by atoms with Gasteiger partial charge in [-0.1, -0.05) is 56.9 Å². The van der Waals surface area contributed by atoms with E-state index in [2.05, 4.69) is 68.8 Å². The lowest BCUT2D eigenvalue weighted by Gasteiger charge is -2.09. The molecule has 4 aromatic heterocycles. The molecular formula is C29H29N7. The number of aromatic amines is 2. The Kier molecular flexibility index (Phi) is 6.45. The van der Waals surface area contributed by atoms with E-state index in [4.69, 9.17) is 4.98 Å². The second kappa shape index (κ2) is 10.00. The highest BCUT2D eigenvalue weighted by Crippen LogP contribution is 2.33. The molecule has 36 heavy (non-hydrogen) atoms. The van der Waals surface area contributed by atoms with E-state index in [-0.39, 0.29) is 0 Å². The Morgan fingerprint density at radius 3 is 2.89 bits per heavy atom. The number of aromatic nitrogens is 6. The van der Waals surface area contributed by atoms with Gasteiger partial charge in [0.25, 0.3) is 0 Å². The van der Waals surface area contributed by atoms with Crippen molar-refractivity contribution in [2.75, 3.05) is 5.32 Å². The number of nitrogens with zero attached hydrogens (tertiary/aromatic N) is 4. The molecule has 0 radical (unpaired) electrons. The van der Waals surface area contributed by atoms with E-state index in [9.17, 15) is 0 Å². The number of hydrogen-bond donors (Lipinski definition) is 3. The summed E-state index contributed by atoms with van der Waals surface area (Å²) in [5.41, 5.74) is 9.21. The van der Waals surface area contributed by atoms with Crippen molar-refractivity contribution < 1.29 is 0 Å². The summed E-state index contributed by atoms with van der Waals surface area (Å²) in [7, 11) is 0. The molecule has 7 nitrogen and oxygen atoms in total. The number of fused-ring (bicyclic) bond motifs is 1. The van der Waals surface area contributed by atoms with Crippen LogP contribution in [0.25, 0.3) is 39.3 Å². The third-order valence-corrected chi connectivity index (χ3v) is 6.09. The maximum Gasteiger partial charge on any atom is 0.159 e. The summed E-state index contributed by atoms with van der Waals surface area (Å²) in [5.74, 6) is 0.702. The fourth-order valence-corrected chi connectivity index (χ4v) is 4.39. The summed E-state index contributed by atoms with van der Waals surface area (Å²) in [6, 6.07) is 4.06. The van der Waals surface area contributed by atoms with E-state index in [0.29, 0.717) is 5.82 Å². The average Bonchev–Trinajstić information content (AvgIpc) is 3.62. The van der Waals surface area contributed by atoms with Crippen molar-refractivity contribution in [1.82, 2.24) is 30.1 Å². The minimum Gasteiger partial charge on any atom is -0.358 e. The maximum atomic E-state index is 4.95. The van der Waals surface area contributed by atoms with Gasteiger partial charge < -0.3 is 10.3 Å². The molecule has 1 aliphatic carbocycles. The topological polar surface area (TPSA) is 95.2 Å². The number of anilines is 1. The van der Waals surface area contributed by atoms with E-state index < -0.39 is 0 Å². The van der Waals surface area contributed by atoms with E-state index in [1.165, 1.54) is 0 Å². The SMILES string of the molecule is C=C/C=C(/C1=CCC=C1)c1nc(-c2n[nH]c3cnc(-c4cncc(NC(=C)CCC)c4)cc23)[nH]c1C. The minimum absolute atomic E-state index is 0.702. The third-order valence-electron chi connectivity index (χ3n) is 6.09. The van der Waals surface area contributed by atoms with Crippen molar-refractivity contribution in [3.05, 3.63) is 96.9 Å². The van der Waals surface area contributed by atoms with E-state index in [1.54, 1.807) is 18.5 Å². The quantitative estimate of drug-likeness (QED) is 0.229. The zero-order valence-corrected chi connectivity index (χ0v) is 20.6. The molecule has 0 bridgehead atoms. The van der Waals surface area contributed by atoms with Gasteiger partial charge in [-0.3, -0.25) is 15.1 Å². The Morgan fingerprint density at radius 2 is 2.11 bits per heavy atom. The summed E-state index contributed by atoms with van der Waals surface area (Å²) >= 11 is 0. The Balaban J connectivity index is 1.52. The van der Waals surface area contributed by atoms with Crippen molar-refractivity contribution in [3.8, 4) is 22.8 Å². The van der Waals surface area contributed by atoms with Gasteiger partial charge in [-0.25, -0.2) is 4.98 Å². The second-order valence-corrected chi connectivity index (χ2v) is 8.80. The number of nitrogens with one attached hydrogen (secondary N) is 3. The van der Waals surface area contributed by atoms with Crippen molar-refractivity contribution in [3.63, 3.8) is 0 Å². The van der Waals surface area contributed by atoms with Crippen molar-refractivity contribution in [2.45, 2.75) is 33.1 Å². The van der Waals surface area contributed by atoms with Crippen LogP contribution in [0.15, 0.2) is 85.5 Å². The van der Waals surface area contributed by atoms with Gasteiger partial charge in [-0.15, -0.1) is 0 Å². The number of pyridine rings is 2. The molecule has 0 atom stereocenters. The minimum atomic E-state index is 0.702. The smallest absolute Gasteiger partial charge is 0.159 e. The number of allylic oxidation sites excluding steroid dienone is 8. The lowest BCUT2D eigenvalue weighted by atomic mass is 10.0. The largest absolute Gasteiger partial charge is 0.358 e. The monoisotopic (exact) mass is 475 g/mol. The number of H-pyrrole nitrogens is 2. The van der Waals surface area contributed by atoms with Gasteiger partial charge in [0.15, 0.2) is 5.82 Å². The standard InChI is InChI=1S/C29H29N7/c1-5-9-18(3)32-22-13-21(15-30-16-22)25-14-24-26(17-31-25)35-36-28(24)29-33-19(4)27(34-29)23(10-6-2)20-11-7-8-12-20/h6-7,10-17,32H,2-3,5,8-9H2,1,4H3,(H,33,34)(H,35,36)/b23-10-. The second-order valence-electron chi connectivity index (χ2n) is 8.80. The number of imidazole rings is 1. The molecular weight excluding hydrogens is 446 g/mol. The molecule has 3 N–H and O–H groups in total. The summed E-state index contributed by atoms with van der Waals surface area (Å²) in [6.45, 7) is 12.1. The normalized spacial score (nSPS) is 13.3. The Morgan fingerprint density at radius 1 is 1.22 bits per heavy atom. The molecule has 0 spiro atoms. The van der Waals surface area contributed by atoms with Crippen molar-refractivity contribution >= 4 is 22.2 Å². The van der Waals surface area contributed by atoms with Gasteiger partial charge in [-0.05, 0) is 37.5 Å². The highest BCUT2D eigenvalue weighted by molar-refractivity contribution is 5.94. The predicted molar refractivity (Wildman–Crippen MR) is 147 cm³/mol. The van der Waals surface area contributed by atoms with Crippen LogP contribution in [-0.4, -0.2) is 30.1 Å². The molecule has 0 saturated heterocycles. The summed E-state index contributed by atoms with van der Waals surface area (Å²) in [4.78, 5) is 17.4. The first-order valence-corrected chi connectivity index (χ1v) is 12.1. The van der Waals surface area contributed by atoms with Crippen LogP contribution in [0.5, 0.6) is 0 Å². The first-order valence-electron chi connectivity index (χ1n) is 12.1. The fraction of sp³-hybridized carbons (Fsp3) is 0.172. The molecule has 0 aromatic carbocycles. The first-order chi connectivity index (χ1) is 17.6. The fourth-order valence-electron chi connectivity index (χ4n) is 4.39. The summed E-state index contributed by atoms with van der Waals surface area (Å²) in [6.07, 6.45) is 18.5. The lowest BCUT2D eigenvalue weighted by Crippen LogP contribution is -1.98. The van der Waals surface area contributed by atoms with Crippen molar-refractivity contribution in [1.29, 1.82) is 0 Å². The molecule has 0 amide bonds. The highest BCUT2D eigenvalue weighted by atomic mass is 15.1. The molecule has 4 heterocycles. The Hall–Kier alpha value is -4.52. The van der Waals surface area contributed by atoms with E-state index in [0.717, 1.165) is 81.0 Å². The molecule has 5 rings (SSSR count). The summed E-state index contributed by atoms with van der Waals surface area (Å²) < 4.78 is 0. The molecule has 180 valence electrons. The number of aryl methyl sites for hydroxylation is 1. The maximum absolute atomic E-state index is 4.95. The van der Waals surface area contributed by atoms with Crippen LogP contribution in [0.3, 0.4) is 0 Å². The zero-order chi connectivity index (χ0) is 25.1. The van der Waals surface area contributed by atoms with Crippen LogP contribution >= 0.6 is 0 Å². The molecule has 1 aliphatic rings. The van der Waals surface area contributed by atoms with Gasteiger partial charge in [0.2, 0.25) is 0 Å². The van der Waals surface area contributed by atoms with Gasteiger partial charge in [0, 0.05) is 34.1 Å². The van der Waals surface area contributed by atoms with Gasteiger partial charge in [0.1, 0.15) is 5.69 Å². The van der Waals surface area contributed by atoms with Crippen LogP contribution in [0, 0.1) is 6.92 Å². The highest BCUT2D eigenvalue weighted by Gasteiger charge is 2.19. The third kappa shape index (κ3) is 4.55. The van der Waals surface area contributed by atoms with E-state index >= 15 is 0 Å². The Bertz CT molecular complexity index is 1540. The van der Waals surface area contributed by atoms with Crippen LogP contribution in [-0.2, 0) is 0 Å². The summed E-state index contributed by atoms with van der Waals surface area (Å²) in [5, 5.41) is 11.9. The van der Waals surface area contributed by atoms with Crippen LogP contribution in [0.1, 0.15) is 37.6 Å². The average molecular weight is 476 g/mol. The molecule has 4 aromatic rings. The van der Waals surface area contributed by atoms with Gasteiger partial charge in [0.05, 0.1) is 35.0 Å². The zero-order valence-electron chi connectivity index (χ0n) is 20.6. The first kappa shape index (κ1) is 23.2. The molecule has 7 heteroatoms. The van der Waals surface area contributed by atoms with Gasteiger partial charge >= 0.3 is 0 Å². The molecule has 0 aliphatic heterocycles. The lowest BCUT2D eigenvalue weighted by molar-refractivity contribution is 0.913. The van der Waals surface area contributed by atoms with Crippen LogP contribution in [0.4, 0.5) is 5.69 Å². The van der Waals surface area contributed by atoms with E-state index in [1.807, 2.05) is 31.3 Å². The Labute approximate surface area is 210 Å². The predicted octanol–water partition coefficient (Wildman–Crippen LogP) is 6.90. The van der Waals surface area contributed by atoms with Crippen molar-refractivity contribution in [2.24, 2.45) is 0 Å². The van der Waals surface area contributed by atoms with Gasteiger partial charge in [-0.2, -0.15) is 5.10 Å². The number of rotatable bonds is 9. The molecule has 0 unspecified atom stereocenters. The van der Waals surface area contributed by atoms with Crippen LogP contribution in [0.2, 0.25) is 0 Å².